The summed E-state index contributed by atoms with van der Waals surface area (Å²) < 4.78 is 0. The van der Waals surface area contributed by atoms with Crippen molar-refractivity contribution in [3.8, 4) is 0 Å². The summed E-state index contributed by atoms with van der Waals surface area (Å²) in [5.41, 5.74) is 5.96. The molecule has 1 saturated heterocycles. The molecule has 0 unspecified atom stereocenters. The lowest BCUT2D eigenvalue weighted by atomic mass is 10.1. The Bertz CT molecular complexity index is 273. The number of aromatic nitrogens is 1. The smallest absolute Gasteiger partial charge is 0.109 e. The van der Waals surface area contributed by atoms with E-state index in [2.05, 4.69) is 16.8 Å². The van der Waals surface area contributed by atoms with E-state index in [1.54, 1.807) is 11.3 Å². The zero-order chi connectivity index (χ0) is 9.97. The third-order valence-corrected chi connectivity index (χ3v) is 3.79. The third kappa shape index (κ3) is 2.13. The second kappa shape index (κ2) is 4.38. The summed E-state index contributed by atoms with van der Waals surface area (Å²) in [5.74, 6) is 0. The van der Waals surface area contributed by atoms with Gasteiger partial charge in [-0.1, -0.05) is 0 Å². The minimum Gasteiger partial charge on any atom is -0.327 e. The van der Waals surface area contributed by atoms with Crippen molar-refractivity contribution in [3.05, 3.63) is 16.6 Å². The Morgan fingerprint density at radius 2 is 2.57 bits per heavy atom. The van der Waals surface area contributed by atoms with E-state index in [4.69, 9.17) is 5.73 Å². The molecule has 2 rings (SSSR count). The largest absolute Gasteiger partial charge is 0.327 e. The van der Waals surface area contributed by atoms with Gasteiger partial charge in [0.25, 0.3) is 0 Å². The highest BCUT2D eigenvalue weighted by molar-refractivity contribution is 7.09. The Morgan fingerprint density at radius 3 is 3.21 bits per heavy atom. The summed E-state index contributed by atoms with van der Waals surface area (Å²) in [6.07, 6.45) is 4.26. The van der Waals surface area contributed by atoms with Crippen LogP contribution in [0.4, 0.5) is 0 Å². The van der Waals surface area contributed by atoms with Gasteiger partial charge in [-0.15, -0.1) is 11.3 Å². The molecule has 2 atom stereocenters. The average molecular weight is 211 g/mol. The third-order valence-electron chi connectivity index (χ3n) is 2.85. The fourth-order valence-corrected chi connectivity index (χ4v) is 2.72. The molecule has 4 heteroatoms. The summed E-state index contributed by atoms with van der Waals surface area (Å²) in [5, 5.41) is 3.24. The van der Waals surface area contributed by atoms with Gasteiger partial charge < -0.3 is 5.73 Å². The van der Waals surface area contributed by atoms with Crippen LogP contribution in [0.1, 0.15) is 30.8 Å². The maximum atomic E-state index is 5.96. The highest BCUT2D eigenvalue weighted by Gasteiger charge is 2.23. The molecule has 1 aliphatic rings. The Balaban J connectivity index is 2.00. The van der Waals surface area contributed by atoms with Crippen LogP contribution in [0.2, 0.25) is 0 Å². The molecule has 0 aliphatic carbocycles. The molecule has 3 nitrogen and oxygen atoms in total. The maximum absolute atomic E-state index is 5.96. The van der Waals surface area contributed by atoms with E-state index < -0.39 is 0 Å². The van der Waals surface area contributed by atoms with Crippen LogP contribution < -0.4 is 5.73 Å². The fraction of sp³-hybridized carbons (Fsp3) is 0.700. The summed E-state index contributed by atoms with van der Waals surface area (Å²) in [4.78, 5) is 6.79. The number of piperidine rings is 1. The Labute approximate surface area is 88.9 Å². The van der Waals surface area contributed by atoms with E-state index in [1.165, 1.54) is 17.8 Å². The van der Waals surface area contributed by atoms with Crippen LogP contribution in [0, 0.1) is 0 Å². The summed E-state index contributed by atoms with van der Waals surface area (Å²) >= 11 is 1.73. The number of likely N-dealkylation sites (tertiary alicyclic amines) is 1. The summed E-state index contributed by atoms with van der Waals surface area (Å²) in [6, 6.07) is 0.785. The molecular weight excluding hydrogens is 194 g/mol. The molecule has 0 aromatic carbocycles. The van der Waals surface area contributed by atoms with Gasteiger partial charge in [0.05, 0.1) is 6.04 Å². The van der Waals surface area contributed by atoms with Crippen molar-refractivity contribution in [2.24, 2.45) is 5.73 Å². The molecule has 2 N–H and O–H groups in total. The Morgan fingerprint density at radius 1 is 1.71 bits per heavy atom. The van der Waals surface area contributed by atoms with Crippen molar-refractivity contribution in [1.82, 2.24) is 9.88 Å². The lowest BCUT2D eigenvalue weighted by molar-refractivity contribution is 0.159. The van der Waals surface area contributed by atoms with Crippen molar-refractivity contribution in [2.45, 2.75) is 31.8 Å². The summed E-state index contributed by atoms with van der Waals surface area (Å²) in [7, 11) is 0. The zero-order valence-corrected chi connectivity index (χ0v) is 9.33. The molecule has 2 heterocycles. The molecule has 14 heavy (non-hydrogen) atoms. The van der Waals surface area contributed by atoms with Crippen molar-refractivity contribution < 1.29 is 0 Å². The van der Waals surface area contributed by atoms with Crippen molar-refractivity contribution in [2.75, 3.05) is 13.1 Å². The van der Waals surface area contributed by atoms with Crippen molar-refractivity contribution in [3.63, 3.8) is 0 Å². The standard InChI is InChI=1S/C10H17N3S/c1-8(10-12-4-6-14-10)13-5-2-3-9(11)7-13/h4,6,8-9H,2-3,5,7,11H2,1H3/t8-,9-/m0/s1. The predicted octanol–water partition coefficient (Wildman–Crippen LogP) is 1.63. The SMILES string of the molecule is C[C@@H](c1nccs1)N1CCC[C@H](N)C1. The number of rotatable bonds is 2. The van der Waals surface area contributed by atoms with Crippen LogP contribution in [0.15, 0.2) is 11.6 Å². The molecule has 78 valence electrons. The maximum Gasteiger partial charge on any atom is 0.109 e. The van der Waals surface area contributed by atoms with Crippen LogP contribution in [-0.4, -0.2) is 29.0 Å². The molecule has 1 aromatic heterocycles. The van der Waals surface area contributed by atoms with Crippen LogP contribution in [-0.2, 0) is 0 Å². The lowest BCUT2D eigenvalue weighted by Gasteiger charge is -2.34. The van der Waals surface area contributed by atoms with Gasteiger partial charge >= 0.3 is 0 Å². The average Bonchev–Trinajstić information content (AvgIpc) is 2.69. The van der Waals surface area contributed by atoms with Crippen LogP contribution in [0.25, 0.3) is 0 Å². The molecule has 0 spiro atoms. The normalized spacial score (nSPS) is 26.3. The number of hydrogen-bond acceptors (Lipinski definition) is 4. The van der Waals surface area contributed by atoms with Crippen molar-refractivity contribution in [1.29, 1.82) is 0 Å². The number of nitrogens with two attached hydrogens (primary N) is 1. The zero-order valence-electron chi connectivity index (χ0n) is 8.52. The van der Waals surface area contributed by atoms with Gasteiger partial charge in [0.2, 0.25) is 0 Å². The number of hydrogen-bond donors (Lipinski definition) is 1. The van der Waals surface area contributed by atoms with Crippen LogP contribution in [0.5, 0.6) is 0 Å². The fourth-order valence-electron chi connectivity index (χ4n) is 1.99. The van der Waals surface area contributed by atoms with E-state index in [9.17, 15) is 0 Å². The molecule has 1 aliphatic heterocycles. The van der Waals surface area contributed by atoms with Crippen molar-refractivity contribution >= 4 is 11.3 Å². The highest BCUT2D eigenvalue weighted by Crippen LogP contribution is 2.24. The van der Waals surface area contributed by atoms with Gasteiger partial charge in [-0.05, 0) is 26.3 Å². The van der Waals surface area contributed by atoms with Gasteiger partial charge in [-0.3, -0.25) is 4.90 Å². The van der Waals surface area contributed by atoms with E-state index in [1.807, 2.05) is 11.6 Å². The van der Waals surface area contributed by atoms with E-state index in [-0.39, 0.29) is 0 Å². The molecule has 1 aromatic rings. The van der Waals surface area contributed by atoms with Crippen LogP contribution in [0.3, 0.4) is 0 Å². The monoisotopic (exact) mass is 211 g/mol. The first kappa shape index (κ1) is 10.1. The molecule has 1 fully saturated rings. The van der Waals surface area contributed by atoms with E-state index >= 15 is 0 Å². The quantitative estimate of drug-likeness (QED) is 0.808. The van der Waals surface area contributed by atoms with Gasteiger partial charge in [0.15, 0.2) is 0 Å². The van der Waals surface area contributed by atoms with E-state index in [0.717, 1.165) is 13.1 Å². The van der Waals surface area contributed by atoms with Crippen LogP contribution >= 0.6 is 11.3 Å². The minimum absolute atomic E-state index is 0.353. The van der Waals surface area contributed by atoms with Gasteiger partial charge in [0, 0.05) is 24.2 Å². The first-order valence-corrected chi connectivity index (χ1v) is 6.04. The number of nitrogens with zero attached hydrogens (tertiary/aromatic N) is 2. The summed E-state index contributed by atoms with van der Waals surface area (Å²) in [6.45, 7) is 4.39. The minimum atomic E-state index is 0.353. The second-order valence-corrected chi connectivity index (χ2v) is 4.87. The molecule has 0 amide bonds. The second-order valence-electron chi connectivity index (χ2n) is 3.94. The highest BCUT2D eigenvalue weighted by atomic mass is 32.1. The first-order chi connectivity index (χ1) is 6.77. The molecule has 0 saturated carbocycles. The molecular formula is C10H17N3S. The first-order valence-electron chi connectivity index (χ1n) is 5.16. The number of thiazole rings is 1. The molecule has 0 radical (unpaired) electrons. The Kier molecular flexibility index (Phi) is 3.15. The topological polar surface area (TPSA) is 42.2 Å². The van der Waals surface area contributed by atoms with Gasteiger partial charge in [-0.2, -0.15) is 0 Å². The lowest BCUT2D eigenvalue weighted by Crippen LogP contribution is -2.43. The van der Waals surface area contributed by atoms with Gasteiger partial charge in [-0.25, -0.2) is 4.98 Å². The van der Waals surface area contributed by atoms with Gasteiger partial charge in [0.1, 0.15) is 5.01 Å². The predicted molar refractivity (Wildman–Crippen MR) is 59.3 cm³/mol. The Hall–Kier alpha value is -0.450. The molecule has 0 bridgehead atoms. The van der Waals surface area contributed by atoms with E-state index in [0.29, 0.717) is 12.1 Å².